The number of rotatable bonds is 1. The van der Waals surface area contributed by atoms with Gasteiger partial charge in [-0.3, -0.25) is 0 Å². The number of aromatic nitrogens is 2. The fourth-order valence-electron chi connectivity index (χ4n) is 1.61. The molecule has 0 spiro atoms. The van der Waals surface area contributed by atoms with Crippen molar-refractivity contribution in [2.24, 2.45) is 0 Å². The topological polar surface area (TPSA) is 28.7 Å². The van der Waals surface area contributed by atoms with Crippen LogP contribution in [0.3, 0.4) is 0 Å². The van der Waals surface area contributed by atoms with E-state index >= 15 is 0 Å². The van der Waals surface area contributed by atoms with Gasteiger partial charge in [0.2, 0.25) is 0 Å². The number of aromatic amines is 1. The Morgan fingerprint density at radius 1 is 1.12 bits per heavy atom. The van der Waals surface area contributed by atoms with Crippen LogP contribution in [0, 0.1) is 0 Å². The Kier molecular flexibility index (Phi) is 2.89. The third-order valence-corrected chi connectivity index (χ3v) is 3.22. The maximum absolute atomic E-state index is 4.28. The average Bonchev–Trinajstić information content (AvgIpc) is 2.63. The van der Waals surface area contributed by atoms with E-state index in [0.29, 0.717) is 0 Å². The monoisotopic (exact) mass is 278 g/mol. The van der Waals surface area contributed by atoms with Crippen LogP contribution < -0.4 is 0 Å². The lowest BCUT2D eigenvalue weighted by Crippen LogP contribution is -2.10. The molecule has 0 amide bonds. The highest BCUT2D eigenvalue weighted by molar-refractivity contribution is 9.10. The molecule has 0 unspecified atom stereocenters. The van der Waals surface area contributed by atoms with E-state index in [4.69, 9.17) is 0 Å². The minimum Gasteiger partial charge on any atom is -0.339 e. The summed E-state index contributed by atoms with van der Waals surface area (Å²) in [5.41, 5.74) is 3.62. The first-order valence-electron chi connectivity index (χ1n) is 5.28. The van der Waals surface area contributed by atoms with Gasteiger partial charge in [0.05, 0.1) is 6.33 Å². The molecule has 0 saturated carbocycles. The van der Waals surface area contributed by atoms with E-state index in [0.717, 1.165) is 15.9 Å². The zero-order valence-electron chi connectivity index (χ0n) is 9.71. The molecule has 1 aromatic carbocycles. The number of nitrogens with one attached hydrogen (secondary N) is 1. The molecule has 84 valence electrons. The van der Waals surface area contributed by atoms with Crippen molar-refractivity contribution < 1.29 is 0 Å². The predicted molar refractivity (Wildman–Crippen MR) is 70.4 cm³/mol. The number of hydrogen-bond donors (Lipinski definition) is 1. The van der Waals surface area contributed by atoms with Crippen molar-refractivity contribution in [3.05, 3.63) is 40.8 Å². The highest BCUT2D eigenvalue weighted by atomic mass is 79.9. The molecule has 1 aromatic heterocycles. The van der Waals surface area contributed by atoms with Crippen LogP contribution >= 0.6 is 15.9 Å². The molecular weight excluding hydrogens is 264 g/mol. The average molecular weight is 279 g/mol. The molecular formula is C13H15BrN2. The van der Waals surface area contributed by atoms with Crippen LogP contribution in [0.15, 0.2) is 35.2 Å². The molecule has 16 heavy (non-hydrogen) atoms. The quantitative estimate of drug-likeness (QED) is 0.835. The molecule has 0 aliphatic carbocycles. The minimum atomic E-state index is 0.196. The Morgan fingerprint density at radius 3 is 2.19 bits per heavy atom. The summed E-state index contributed by atoms with van der Waals surface area (Å²) in [5.74, 6) is 0. The van der Waals surface area contributed by atoms with Crippen molar-refractivity contribution in [3.8, 4) is 11.3 Å². The van der Waals surface area contributed by atoms with Gasteiger partial charge in [-0.2, -0.15) is 0 Å². The van der Waals surface area contributed by atoms with Crippen LogP contribution in [0.1, 0.15) is 26.3 Å². The molecule has 0 atom stereocenters. The van der Waals surface area contributed by atoms with Gasteiger partial charge in [0.15, 0.2) is 0 Å². The number of H-pyrrole nitrogens is 1. The summed E-state index contributed by atoms with van der Waals surface area (Å²) in [7, 11) is 0. The van der Waals surface area contributed by atoms with E-state index in [1.807, 2.05) is 0 Å². The molecule has 0 aliphatic heterocycles. The smallest absolute Gasteiger partial charge is 0.110 e. The van der Waals surface area contributed by atoms with E-state index < -0.39 is 0 Å². The number of nitrogens with zero attached hydrogens (tertiary/aromatic N) is 1. The summed E-state index contributed by atoms with van der Waals surface area (Å²) in [6.45, 7) is 6.64. The fourth-order valence-corrected chi connectivity index (χ4v) is 2.04. The third kappa shape index (κ3) is 2.19. The fraction of sp³-hybridized carbons (Fsp3) is 0.308. The maximum Gasteiger partial charge on any atom is 0.110 e. The summed E-state index contributed by atoms with van der Waals surface area (Å²) < 4.78 is 0.927. The van der Waals surface area contributed by atoms with Crippen molar-refractivity contribution >= 4 is 15.9 Å². The van der Waals surface area contributed by atoms with Gasteiger partial charge in [0.1, 0.15) is 10.3 Å². The van der Waals surface area contributed by atoms with Gasteiger partial charge in [-0.25, -0.2) is 4.98 Å². The zero-order chi connectivity index (χ0) is 11.8. The normalized spacial score (nSPS) is 11.8. The van der Waals surface area contributed by atoms with Gasteiger partial charge in [-0.05, 0) is 26.9 Å². The van der Waals surface area contributed by atoms with E-state index in [1.165, 1.54) is 5.56 Å². The Morgan fingerprint density at radius 2 is 1.75 bits per heavy atom. The lowest BCUT2D eigenvalue weighted by molar-refractivity contribution is 0.590. The van der Waals surface area contributed by atoms with Crippen molar-refractivity contribution in [3.63, 3.8) is 0 Å². The van der Waals surface area contributed by atoms with Gasteiger partial charge >= 0.3 is 0 Å². The largest absolute Gasteiger partial charge is 0.339 e. The standard InChI is InChI=1S/C13H15BrN2/c1-13(2,3)10-6-4-9(5-7-10)11-12(14)16-8-15-11/h4-8H,1-3H3,(H,15,16). The molecule has 2 aromatic rings. The highest BCUT2D eigenvalue weighted by Crippen LogP contribution is 2.28. The molecule has 1 heterocycles. The zero-order valence-corrected chi connectivity index (χ0v) is 11.3. The van der Waals surface area contributed by atoms with Gasteiger partial charge < -0.3 is 4.98 Å². The highest BCUT2D eigenvalue weighted by Gasteiger charge is 2.13. The van der Waals surface area contributed by atoms with Crippen LogP contribution in [0.2, 0.25) is 0 Å². The second kappa shape index (κ2) is 4.06. The molecule has 0 saturated heterocycles. The van der Waals surface area contributed by atoms with E-state index in [-0.39, 0.29) is 5.41 Å². The molecule has 0 radical (unpaired) electrons. The summed E-state index contributed by atoms with van der Waals surface area (Å²) >= 11 is 3.44. The Labute approximate surface area is 104 Å². The first-order chi connectivity index (χ1) is 7.48. The lowest BCUT2D eigenvalue weighted by Gasteiger charge is -2.18. The third-order valence-electron chi connectivity index (χ3n) is 2.62. The van der Waals surface area contributed by atoms with E-state index in [9.17, 15) is 0 Å². The molecule has 3 heteroatoms. The molecule has 2 rings (SSSR count). The Bertz CT molecular complexity index is 477. The first kappa shape index (κ1) is 11.4. The number of benzene rings is 1. The van der Waals surface area contributed by atoms with Crippen molar-refractivity contribution in [2.75, 3.05) is 0 Å². The summed E-state index contributed by atoms with van der Waals surface area (Å²) in [6, 6.07) is 8.55. The van der Waals surface area contributed by atoms with Gasteiger partial charge in [0.25, 0.3) is 0 Å². The minimum absolute atomic E-state index is 0.196. The van der Waals surface area contributed by atoms with E-state index in [2.05, 4.69) is 70.9 Å². The SMILES string of the molecule is CC(C)(C)c1ccc(-c2nc[nH]c2Br)cc1. The van der Waals surface area contributed by atoms with Crippen LogP contribution in [0.25, 0.3) is 11.3 Å². The summed E-state index contributed by atoms with van der Waals surface area (Å²) in [5, 5.41) is 0. The molecule has 1 N–H and O–H groups in total. The van der Waals surface area contributed by atoms with Crippen LogP contribution in [-0.2, 0) is 5.41 Å². The van der Waals surface area contributed by atoms with Crippen LogP contribution in [0.4, 0.5) is 0 Å². The first-order valence-corrected chi connectivity index (χ1v) is 6.07. The second-order valence-corrected chi connectivity index (χ2v) is 5.69. The summed E-state index contributed by atoms with van der Waals surface area (Å²) in [4.78, 5) is 7.29. The van der Waals surface area contributed by atoms with Crippen molar-refractivity contribution in [2.45, 2.75) is 26.2 Å². The lowest BCUT2D eigenvalue weighted by atomic mass is 9.86. The van der Waals surface area contributed by atoms with Gasteiger partial charge in [0, 0.05) is 5.56 Å². The van der Waals surface area contributed by atoms with Crippen molar-refractivity contribution in [1.82, 2.24) is 9.97 Å². The Hall–Kier alpha value is -1.09. The van der Waals surface area contributed by atoms with Crippen LogP contribution in [0.5, 0.6) is 0 Å². The molecule has 2 nitrogen and oxygen atoms in total. The summed E-state index contributed by atoms with van der Waals surface area (Å²) in [6.07, 6.45) is 1.69. The number of hydrogen-bond acceptors (Lipinski definition) is 1. The Balaban J connectivity index is 2.37. The van der Waals surface area contributed by atoms with Crippen molar-refractivity contribution in [1.29, 1.82) is 0 Å². The molecule has 0 aliphatic rings. The predicted octanol–water partition coefficient (Wildman–Crippen LogP) is 4.14. The van der Waals surface area contributed by atoms with Gasteiger partial charge in [-0.15, -0.1) is 0 Å². The number of halogens is 1. The molecule has 0 bridgehead atoms. The second-order valence-electron chi connectivity index (χ2n) is 4.89. The maximum atomic E-state index is 4.28. The molecule has 0 fully saturated rings. The number of imidazole rings is 1. The van der Waals surface area contributed by atoms with Gasteiger partial charge in [-0.1, -0.05) is 45.0 Å². The van der Waals surface area contributed by atoms with Crippen LogP contribution in [-0.4, -0.2) is 9.97 Å². The van der Waals surface area contributed by atoms with E-state index in [1.54, 1.807) is 6.33 Å².